The Labute approximate surface area is 114 Å². The molecule has 0 aromatic heterocycles. The molecule has 3 atom stereocenters. The van der Waals surface area contributed by atoms with E-state index in [0.29, 0.717) is 5.92 Å². The van der Waals surface area contributed by atoms with Crippen molar-refractivity contribution in [3.8, 4) is 0 Å². The molecule has 1 aliphatic carbocycles. The van der Waals surface area contributed by atoms with Crippen molar-refractivity contribution in [1.82, 2.24) is 0 Å². The van der Waals surface area contributed by atoms with Crippen molar-refractivity contribution in [2.24, 2.45) is 23.5 Å². The highest BCUT2D eigenvalue weighted by atomic mass is 16.5. The fourth-order valence-electron chi connectivity index (χ4n) is 4.04. The zero-order chi connectivity index (χ0) is 13.8. The molecule has 2 heteroatoms. The van der Waals surface area contributed by atoms with Crippen molar-refractivity contribution in [2.45, 2.75) is 78.4 Å². The Morgan fingerprint density at radius 1 is 1.06 bits per heavy atom. The molecule has 0 saturated heterocycles. The van der Waals surface area contributed by atoms with Crippen LogP contribution >= 0.6 is 0 Å². The van der Waals surface area contributed by atoms with Crippen LogP contribution in [0.15, 0.2) is 0 Å². The molecule has 0 bridgehead atoms. The molecule has 0 aromatic rings. The van der Waals surface area contributed by atoms with Crippen LogP contribution in [0.5, 0.6) is 0 Å². The lowest BCUT2D eigenvalue weighted by Gasteiger charge is -2.44. The summed E-state index contributed by atoms with van der Waals surface area (Å²) in [6.07, 6.45) is 5.97. The van der Waals surface area contributed by atoms with Crippen LogP contribution in [-0.4, -0.2) is 18.2 Å². The fourth-order valence-corrected chi connectivity index (χ4v) is 4.04. The van der Waals surface area contributed by atoms with E-state index in [2.05, 4.69) is 34.6 Å². The molecule has 3 unspecified atom stereocenters. The van der Waals surface area contributed by atoms with Gasteiger partial charge < -0.3 is 10.5 Å². The lowest BCUT2D eigenvalue weighted by atomic mass is 9.69. The Hall–Kier alpha value is -0.0800. The highest BCUT2D eigenvalue weighted by Gasteiger charge is 2.40. The largest absolute Gasteiger partial charge is 0.374 e. The summed E-state index contributed by atoms with van der Waals surface area (Å²) in [4.78, 5) is 0. The number of rotatable bonds is 6. The van der Waals surface area contributed by atoms with Gasteiger partial charge in [0.15, 0.2) is 0 Å². The van der Waals surface area contributed by atoms with E-state index in [1.54, 1.807) is 0 Å². The Balaban J connectivity index is 2.78. The fraction of sp³-hybridized carbons (Fsp3) is 1.00. The van der Waals surface area contributed by atoms with Gasteiger partial charge >= 0.3 is 0 Å². The van der Waals surface area contributed by atoms with Crippen LogP contribution in [0.4, 0.5) is 0 Å². The van der Waals surface area contributed by atoms with Crippen LogP contribution in [0.25, 0.3) is 0 Å². The first-order valence-electron chi connectivity index (χ1n) is 7.88. The summed E-state index contributed by atoms with van der Waals surface area (Å²) in [5, 5.41) is 0. The third-order valence-electron chi connectivity index (χ3n) is 4.96. The van der Waals surface area contributed by atoms with Gasteiger partial charge in [0.1, 0.15) is 0 Å². The third kappa shape index (κ3) is 3.48. The summed E-state index contributed by atoms with van der Waals surface area (Å²) in [6.45, 7) is 12.0. The minimum absolute atomic E-state index is 0.101. The second-order valence-electron chi connectivity index (χ2n) is 6.41. The minimum atomic E-state index is -0.101. The predicted octanol–water partition coefficient (Wildman–Crippen LogP) is 3.98. The van der Waals surface area contributed by atoms with Crippen LogP contribution in [0.3, 0.4) is 0 Å². The van der Waals surface area contributed by atoms with E-state index in [1.807, 2.05) is 0 Å². The maximum Gasteiger partial charge on any atom is 0.0829 e. The standard InChI is InChI=1S/C16H33NO/c1-6-16(7-2,18-8-3)15(17)14-10-12(4)9-13(5)11-14/h12-15H,6-11,17H2,1-5H3. The summed E-state index contributed by atoms with van der Waals surface area (Å²) in [7, 11) is 0. The Bertz CT molecular complexity index is 227. The van der Waals surface area contributed by atoms with E-state index in [1.165, 1.54) is 19.3 Å². The average Bonchev–Trinajstić information content (AvgIpc) is 2.34. The van der Waals surface area contributed by atoms with Gasteiger partial charge in [0.2, 0.25) is 0 Å². The highest BCUT2D eigenvalue weighted by molar-refractivity contribution is 4.95. The normalized spacial score (nSPS) is 31.3. The molecule has 2 N–H and O–H groups in total. The molecule has 0 radical (unpaired) electrons. The van der Waals surface area contributed by atoms with Crippen molar-refractivity contribution in [3.63, 3.8) is 0 Å². The van der Waals surface area contributed by atoms with Crippen LogP contribution in [0, 0.1) is 17.8 Å². The highest BCUT2D eigenvalue weighted by Crippen LogP contribution is 2.39. The van der Waals surface area contributed by atoms with Crippen molar-refractivity contribution >= 4 is 0 Å². The van der Waals surface area contributed by atoms with Crippen LogP contribution in [-0.2, 0) is 4.74 Å². The molecule has 0 spiro atoms. The molecule has 1 rings (SSSR count). The first kappa shape index (κ1) is 16.0. The summed E-state index contributed by atoms with van der Waals surface area (Å²) >= 11 is 0. The lowest BCUT2D eigenvalue weighted by molar-refractivity contribution is -0.0825. The van der Waals surface area contributed by atoms with E-state index in [9.17, 15) is 0 Å². The Morgan fingerprint density at radius 3 is 1.94 bits per heavy atom. The summed E-state index contributed by atoms with van der Waals surface area (Å²) < 4.78 is 6.09. The van der Waals surface area contributed by atoms with Gasteiger partial charge in [-0.2, -0.15) is 0 Å². The van der Waals surface area contributed by atoms with Gasteiger partial charge in [-0.3, -0.25) is 0 Å². The molecular weight excluding hydrogens is 222 g/mol. The first-order chi connectivity index (χ1) is 8.49. The molecule has 0 aliphatic heterocycles. The van der Waals surface area contributed by atoms with E-state index in [0.717, 1.165) is 31.3 Å². The molecule has 0 aromatic carbocycles. The topological polar surface area (TPSA) is 35.2 Å². The molecular formula is C16H33NO. The molecule has 1 aliphatic rings. The summed E-state index contributed by atoms with van der Waals surface area (Å²) in [5.41, 5.74) is 6.53. The zero-order valence-corrected chi connectivity index (χ0v) is 13.0. The molecule has 1 saturated carbocycles. The van der Waals surface area contributed by atoms with E-state index in [4.69, 9.17) is 10.5 Å². The van der Waals surface area contributed by atoms with Crippen LogP contribution < -0.4 is 5.73 Å². The van der Waals surface area contributed by atoms with Gasteiger partial charge in [-0.25, -0.2) is 0 Å². The average molecular weight is 255 g/mol. The van der Waals surface area contributed by atoms with Crippen molar-refractivity contribution in [1.29, 1.82) is 0 Å². The predicted molar refractivity (Wildman–Crippen MR) is 78.6 cm³/mol. The molecule has 0 amide bonds. The first-order valence-corrected chi connectivity index (χ1v) is 7.88. The number of nitrogens with two attached hydrogens (primary N) is 1. The number of hydrogen-bond donors (Lipinski definition) is 1. The quantitative estimate of drug-likeness (QED) is 0.779. The maximum absolute atomic E-state index is 6.63. The van der Waals surface area contributed by atoms with Crippen molar-refractivity contribution < 1.29 is 4.74 Å². The third-order valence-corrected chi connectivity index (χ3v) is 4.96. The SMILES string of the molecule is CCOC(CC)(CC)C(N)C1CC(C)CC(C)C1. The Morgan fingerprint density at radius 2 is 1.56 bits per heavy atom. The van der Waals surface area contributed by atoms with E-state index < -0.39 is 0 Å². The van der Waals surface area contributed by atoms with E-state index >= 15 is 0 Å². The summed E-state index contributed by atoms with van der Waals surface area (Å²) in [6, 6.07) is 0.192. The van der Waals surface area contributed by atoms with Gasteiger partial charge in [0, 0.05) is 12.6 Å². The number of ether oxygens (including phenoxy) is 1. The van der Waals surface area contributed by atoms with Crippen LogP contribution in [0.1, 0.15) is 66.7 Å². The van der Waals surface area contributed by atoms with Crippen molar-refractivity contribution in [3.05, 3.63) is 0 Å². The molecule has 18 heavy (non-hydrogen) atoms. The second kappa shape index (κ2) is 6.91. The zero-order valence-electron chi connectivity index (χ0n) is 13.0. The van der Waals surface area contributed by atoms with E-state index in [-0.39, 0.29) is 11.6 Å². The van der Waals surface area contributed by atoms with Gasteiger partial charge in [-0.05, 0) is 56.8 Å². The summed E-state index contributed by atoms with van der Waals surface area (Å²) in [5.74, 6) is 2.27. The van der Waals surface area contributed by atoms with Gasteiger partial charge in [0.25, 0.3) is 0 Å². The Kier molecular flexibility index (Phi) is 6.13. The minimum Gasteiger partial charge on any atom is -0.374 e. The van der Waals surface area contributed by atoms with Gasteiger partial charge in [-0.15, -0.1) is 0 Å². The number of hydrogen-bond acceptors (Lipinski definition) is 2. The van der Waals surface area contributed by atoms with Crippen LogP contribution in [0.2, 0.25) is 0 Å². The van der Waals surface area contributed by atoms with Gasteiger partial charge in [0.05, 0.1) is 5.60 Å². The van der Waals surface area contributed by atoms with Gasteiger partial charge in [-0.1, -0.05) is 27.7 Å². The smallest absolute Gasteiger partial charge is 0.0829 e. The second-order valence-corrected chi connectivity index (χ2v) is 6.41. The lowest BCUT2D eigenvalue weighted by Crippen LogP contribution is -2.54. The molecule has 0 heterocycles. The molecule has 1 fully saturated rings. The van der Waals surface area contributed by atoms with Crippen molar-refractivity contribution in [2.75, 3.05) is 6.61 Å². The molecule has 2 nitrogen and oxygen atoms in total. The maximum atomic E-state index is 6.63. The monoisotopic (exact) mass is 255 g/mol. The molecule has 108 valence electrons.